The van der Waals surface area contributed by atoms with Gasteiger partial charge in [-0.2, -0.15) is 20.2 Å². The fraction of sp³-hybridized carbons (Fsp3) is 0.524. The molecule has 4 aliphatic rings. The lowest BCUT2D eigenvalue weighted by atomic mass is 9.96. The van der Waals surface area contributed by atoms with Crippen LogP contribution in [0.3, 0.4) is 0 Å². The first-order valence-electron chi connectivity index (χ1n) is 20.9. The van der Waals surface area contributed by atoms with E-state index in [0.717, 1.165) is 83.8 Å². The Labute approximate surface area is 334 Å². The Balaban J connectivity index is 0.874. The molecule has 2 amide bonds. The van der Waals surface area contributed by atoms with Crippen molar-refractivity contribution in [3.63, 3.8) is 0 Å². The van der Waals surface area contributed by atoms with Gasteiger partial charge in [0.25, 0.3) is 11.8 Å². The molecule has 4 aromatic heterocycles. The Morgan fingerprint density at radius 2 is 1.34 bits per heavy atom. The van der Waals surface area contributed by atoms with E-state index >= 15 is 0 Å². The minimum atomic E-state index is -0.234. The summed E-state index contributed by atoms with van der Waals surface area (Å²) in [6.45, 7) is 8.45. The van der Waals surface area contributed by atoms with Gasteiger partial charge in [0.05, 0.1) is 48.2 Å². The van der Waals surface area contributed by atoms with Crippen LogP contribution in [-0.4, -0.2) is 107 Å². The highest BCUT2D eigenvalue weighted by Crippen LogP contribution is 2.41. The molecule has 4 aliphatic heterocycles. The van der Waals surface area contributed by atoms with Gasteiger partial charge in [-0.05, 0) is 56.4 Å². The third kappa shape index (κ3) is 6.75. The number of aromatic nitrogens is 8. The molecule has 58 heavy (non-hydrogen) atoms. The lowest BCUT2D eigenvalue weighted by Crippen LogP contribution is -2.37. The van der Waals surface area contributed by atoms with Crippen molar-refractivity contribution in [1.82, 2.24) is 49.6 Å². The van der Waals surface area contributed by atoms with Gasteiger partial charge in [0.15, 0.2) is 11.6 Å². The molecule has 6 aromatic rings. The SMILES string of the molecule is CCC(=O)N1CCC(c2noc(-c3ccc4cnn([C@H]5COC(c6nn([C@H]7CCOC7)c7cc(-c8nc(C9CCN(C(=O)CC)CC9)no8)ccc67)C5)c4c3)n2)CC1. The van der Waals surface area contributed by atoms with E-state index < -0.39 is 0 Å². The van der Waals surface area contributed by atoms with Crippen LogP contribution in [0.15, 0.2) is 51.6 Å². The van der Waals surface area contributed by atoms with Gasteiger partial charge in [-0.15, -0.1) is 0 Å². The van der Waals surface area contributed by atoms with Crippen LogP contribution in [0.1, 0.15) is 113 Å². The van der Waals surface area contributed by atoms with Crippen molar-refractivity contribution in [3.8, 4) is 22.9 Å². The molecule has 4 fully saturated rings. The van der Waals surface area contributed by atoms with Gasteiger partial charge in [-0.3, -0.25) is 19.0 Å². The van der Waals surface area contributed by atoms with Gasteiger partial charge in [0.1, 0.15) is 6.10 Å². The van der Waals surface area contributed by atoms with Gasteiger partial charge in [-0.25, -0.2) is 0 Å². The van der Waals surface area contributed by atoms with E-state index in [1.807, 2.05) is 48.0 Å². The zero-order chi connectivity index (χ0) is 39.3. The third-order valence-electron chi connectivity index (χ3n) is 12.6. The lowest BCUT2D eigenvalue weighted by Gasteiger charge is -2.30. The number of hydrogen-bond donors (Lipinski definition) is 0. The Morgan fingerprint density at radius 3 is 1.95 bits per heavy atom. The maximum absolute atomic E-state index is 12.2. The normalized spacial score (nSPS) is 22.2. The predicted octanol–water partition coefficient (Wildman–Crippen LogP) is 6.38. The molecule has 0 N–H and O–H groups in total. The number of likely N-dealkylation sites (tertiary alicyclic amines) is 2. The molecule has 8 heterocycles. The third-order valence-corrected chi connectivity index (χ3v) is 12.6. The van der Waals surface area contributed by atoms with Crippen molar-refractivity contribution in [1.29, 1.82) is 0 Å². The van der Waals surface area contributed by atoms with E-state index in [0.29, 0.717) is 75.6 Å². The average Bonchev–Trinajstić information content (AvgIpc) is 4.13. The number of carbonyl (C=O) groups is 2. The number of piperidine rings is 2. The second-order valence-electron chi connectivity index (χ2n) is 16.1. The van der Waals surface area contributed by atoms with Gasteiger partial charge >= 0.3 is 0 Å². The number of ether oxygens (including phenoxy) is 2. The van der Waals surface area contributed by atoms with Crippen LogP contribution < -0.4 is 0 Å². The average molecular weight is 789 g/mol. The summed E-state index contributed by atoms with van der Waals surface area (Å²) in [6, 6.07) is 12.4. The summed E-state index contributed by atoms with van der Waals surface area (Å²) in [6.07, 6.45) is 7.59. The molecule has 4 saturated heterocycles. The molecule has 16 nitrogen and oxygen atoms in total. The molecule has 0 spiro atoms. The number of rotatable bonds is 9. The maximum atomic E-state index is 12.2. The fourth-order valence-electron chi connectivity index (χ4n) is 9.22. The highest BCUT2D eigenvalue weighted by Gasteiger charge is 2.35. The summed E-state index contributed by atoms with van der Waals surface area (Å²) in [5, 5.41) is 20.8. The van der Waals surface area contributed by atoms with Gasteiger partial charge in [0.2, 0.25) is 11.8 Å². The highest BCUT2D eigenvalue weighted by atomic mass is 16.5. The van der Waals surface area contributed by atoms with Crippen LogP contribution in [0.5, 0.6) is 0 Å². The van der Waals surface area contributed by atoms with Gasteiger partial charge < -0.3 is 28.3 Å². The van der Waals surface area contributed by atoms with Crippen LogP contribution in [0.25, 0.3) is 44.7 Å². The largest absolute Gasteiger partial charge is 0.379 e. The van der Waals surface area contributed by atoms with E-state index in [9.17, 15) is 9.59 Å². The Kier molecular flexibility index (Phi) is 9.76. The van der Waals surface area contributed by atoms with Crippen LogP contribution in [0.4, 0.5) is 0 Å². The molecule has 1 unspecified atom stereocenters. The second-order valence-corrected chi connectivity index (χ2v) is 16.1. The summed E-state index contributed by atoms with van der Waals surface area (Å²) in [4.78, 5) is 37.8. The zero-order valence-electron chi connectivity index (χ0n) is 33.0. The molecule has 302 valence electrons. The summed E-state index contributed by atoms with van der Waals surface area (Å²) in [5.74, 6) is 3.06. The maximum Gasteiger partial charge on any atom is 0.258 e. The molecular formula is C42H48N10O6. The van der Waals surface area contributed by atoms with E-state index in [1.54, 1.807) is 0 Å². The molecule has 10 rings (SSSR count). The first-order chi connectivity index (χ1) is 28.4. The van der Waals surface area contributed by atoms with Gasteiger partial charge in [-0.1, -0.05) is 36.3 Å². The number of carbonyl (C=O) groups excluding carboxylic acids is 2. The van der Waals surface area contributed by atoms with Crippen LogP contribution >= 0.6 is 0 Å². The quantitative estimate of drug-likeness (QED) is 0.158. The van der Waals surface area contributed by atoms with Crippen LogP contribution in [-0.2, 0) is 19.1 Å². The number of nitrogens with zero attached hydrogens (tertiary/aromatic N) is 10. The highest BCUT2D eigenvalue weighted by molar-refractivity contribution is 5.87. The van der Waals surface area contributed by atoms with Crippen LogP contribution in [0.2, 0.25) is 0 Å². The number of fused-ring (bicyclic) bond motifs is 2. The summed E-state index contributed by atoms with van der Waals surface area (Å²) >= 11 is 0. The minimum absolute atomic E-state index is 0.00919. The second kappa shape index (κ2) is 15.4. The van der Waals surface area contributed by atoms with Crippen molar-refractivity contribution in [2.24, 2.45) is 0 Å². The fourth-order valence-corrected chi connectivity index (χ4v) is 9.22. The van der Waals surface area contributed by atoms with Crippen molar-refractivity contribution in [2.75, 3.05) is 46.0 Å². The monoisotopic (exact) mass is 788 g/mol. The summed E-state index contributed by atoms with van der Waals surface area (Å²) in [7, 11) is 0. The molecule has 2 aromatic carbocycles. The van der Waals surface area contributed by atoms with Crippen molar-refractivity contribution in [2.45, 2.75) is 95.2 Å². The van der Waals surface area contributed by atoms with Crippen molar-refractivity contribution < 1.29 is 28.1 Å². The first kappa shape index (κ1) is 36.8. The molecule has 0 radical (unpaired) electrons. The van der Waals surface area contributed by atoms with Crippen LogP contribution in [0, 0.1) is 0 Å². The van der Waals surface area contributed by atoms with Gasteiger partial charge in [0, 0.05) is 85.8 Å². The molecule has 0 aliphatic carbocycles. The standard InChI is InChI=1S/C42H48N10O6/c1-3-36(53)49-14-9-25(10-15-49)39-44-41(57-47-39)27-5-6-29-22-43-51(33(29)19-27)31-21-35(56-24-31)38-32-8-7-28(20-34(32)52(46-38)30-13-18-55-23-30)42-45-40(48-58-42)26-11-16-50(17-12-26)37(54)4-2/h5-8,19-20,22,25-26,30-31,35H,3-4,9-18,21,23-24H2,1-2H3/t30-,31+,35?/m0/s1. The van der Waals surface area contributed by atoms with E-state index in [4.69, 9.17) is 38.7 Å². The molecule has 16 heteroatoms. The topological polar surface area (TPSA) is 173 Å². The predicted molar refractivity (Wildman–Crippen MR) is 211 cm³/mol. The van der Waals surface area contributed by atoms with Crippen molar-refractivity contribution >= 4 is 33.6 Å². The Morgan fingerprint density at radius 1 is 0.724 bits per heavy atom. The molecule has 0 saturated carbocycles. The number of hydrogen-bond acceptors (Lipinski definition) is 12. The Hall–Kier alpha value is -5.48. The molecule has 3 atom stereocenters. The molecular weight excluding hydrogens is 741 g/mol. The first-order valence-corrected chi connectivity index (χ1v) is 20.9. The van der Waals surface area contributed by atoms with E-state index in [1.165, 1.54) is 0 Å². The number of benzene rings is 2. The molecule has 0 bridgehead atoms. The van der Waals surface area contributed by atoms with E-state index in [-0.39, 0.29) is 41.8 Å². The summed E-state index contributed by atoms with van der Waals surface area (Å²) in [5.41, 5.74) is 4.52. The Bertz CT molecular complexity index is 2450. The van der Waals surface area contributed by atoms with E-state index in [2.05, 4.69) is 37.9 Å². The zero-order valence-corrected chi connectivity index (χ0v) is 33.0. The van der Waals surface area contributed by atoms with Crippen molar-refractivity contribution in [3.05, 3.63) is 59.9 Å². The summed E-state index contributed by atoms with van der Waals surface area (Å²) < 4.78 is 28.1. The lowest BCUT2D eigenvalue weighted by molar-refractivity contribution is -0.132. The smallest absolute Gasteiger partial charge is 0.258 e. The number of amides is 2. The minimum Gasteiger partial charge on any atom is -0.379 e.